The van der Waals surface area contributed by atoms with E-state index in [1.165, 1.54) is 0 Å². The maximum absolute atomic E-state index is 13.1. The Bertz CT molecular complexity index is 1230. The molecule has 4 unspecified atom stereocenters. The van der Waals surface area contributed by atoms with Gasteiger partial charge in [0.2, 0.25) is 17.7 Å². The van der Waals surface area contributed by atoms with E-state index in [0.29, 0.717) is 19.4 Å². The lowest BCUT2D eigenvalue weighted by Gasteiger charge is -2.24. The molecule has 2 aromatic rings. The van der Waals surface area contributed by atoms with Crippen LogP contribution in [0.2, 0.25) is 0 Å². The fourth-order valence-electron chi connectivity index (χ4n) is 3.97. The summed E-state index contributed by atoms with van der Waals surface area (Å²) in [6.07, 6.45) is 0.982. The van der Waals surface area contributed by atoms with Gasteiger partial charge in [0.15, 0.2) is 0 Å². The SMILES string of the molecule is NCCCCC(NC(=O)C(N)Cc1c[nH]c2ccccc12)C(=O)NC(CC(=O)O)C(=O)NC(CC(=O)O)C(=O)O. The second-order valence-corrected chi connectivity index (χ2v) is 9.17. The molecule has 0 aliphatic heterocycles. The molecule has 4 atom stereocenters. The molecule has 1 aromatic heterocycles. The van der Waals surface area contributed by atoms with Crippen molar-refractivity contribution in [1.82, 2.24) is 20.9 Å². The zero-order valence-electron chi connectivity index (χ0n) is 21.6. The van der Waals surface area contributed by atoms with Crippen LogP contribution in [-0.2, 0) is 35.2 Å². The summed E-state index contributed by atoms with van der Waals surface area (Å²) in [5.74, 6) is -7.45. The van der Waals surface area contributed by atoms with Crippen LogP contribution in [-0.4, -0.2) is 86.6 Å². The molecule has 0 aliphatic rings. The van der Waals surface area contributed by atoms with Crippen molar-refractivity contribution < 1.29 is 44.1 Å². The Morgan fingerprint density at radius 3 is 2.00 bits per heavy atom. The van der Waals surface area contributed by atoms with E-state index in [-0.39, 0.29) is 12.8 Å². The van der Waals surface area contributed by atoms with E-state index in [1.54, 1.807) is 6.20 Å². The molecular weight excluding hydrogens is 528 g/mol. The van der Waals surface area contributed by atoms with Gasteiger partial charge in [-0.2, -0.15) is 0 Å². The van der Waals surface area contributed by atoms with Crippen molar-refractivity contribution in [2.24, 2.45) is 11.5 Å². The largest absolute Gasteiger partial charge is 0.481 e. The van der Waals surface area contributed by atoms with E-state index in [1.807, 2.05) is 29.6 Å². The molecule has 15 nitrogen and oxygen atoms in total. The average Bonchev–Trinajstić information content (AvgIpc) is 3.29. The van der Waals surface area contributed by atoms with Crippen LogP contribution in [0.3, 0.4) is 0 Å². The number of H-pyrrole nitrogens is 1. The number of rotatable bonds is 17. The van der Waals surface area contributed by atoms with Crippen LogP contribution in [0.1, 0.15) is 37.7 Å². The van der Waals surface area contributed by atoms with E-state index in [2.05, 4.69) is 15.6 Å². The first-order valence-corrected chi connectivity index (χ1v) is 12.5. The van der Waals surface area contributed by atoms with Crippen LogP contribution < -0.4 is 27.4 Å². The summed E-state index contributed by atoms with van der Waals surface area (Å²) in [5, 5.41) is 34.8. The minimum atomic E-state index is -1.86. The molecule has 1 heterocycles. The van der Waals surface area contributed by atoms with E-state index >= 15 is 0 Å². The van der Waals surface area contributed by atoms with Gasteiger partial charge in [-0.05, 0) is 43.9 Å². The number of nitrogens with one attached hydrogen (secondary N) is 4. The lowest BCUT2D eigenvalue weighted by molar-refractivity contribution is -0.148. The zero-order chi connectivity index (χ0) is 29.8. The summed E-state index contributed by atoms with van der Waals surface area (Å²) in [5.41, 5.74) is 13.3. The number of benzene rings is 1. The van der Waals surface area contributed by atoms with Gasteiger partial charge >= 0.3 is 17.9 Å². The molecule has 3 amide bonds. The predicted octanol–water partition coefficient (Wildman–Crippen LogP) is -1.34. The molecule has 40 heavy (non-hydrogen) atoms. The Balaban J connectivity index is 2.15. The Morgan fingerprint density at radius 2 is 1.38 bits per heavy atom. The zero-order valence-corrected chi connectivity index (χ0v) is 21.6. The third-order valence-corrected chi connectivity index (χ3v) is 6.04. The number of aliphatic carboxylic acids is 3. The maximum Gasteiger partial charge on any atom is 0.326 e. The van der Waals surface area contributed by atoms with Crippen molar-refractivity contribution in [3.8, 4) is 0 Å². The molecule has 0 saturated heterocycles. The molecule has 0 radical (unpaired) electrons. The van der Waals surface area contributed by atoms with Crippen molar-refractivity contribution >= 4 is 46.5 Å². The fraction of sp³-hybridized carbons (Fsp3) is 0.440. The number of fused-ring (bicyclic) bond motifs is 1. The standard InChI is InChI=1S/C25H34N6O9/c26-8-4-3-7-17(29-22(36)15(27)9-13-12-28-16-6-2-1-5-14(13)16)23(37)30-18(10-20(32)33)24(38)31-19(25(39)40)11-21(34)35/h1-2,5-6,12,15,17-19,28H,3-4,7-11,26-27H2,(H,29,36)(H,30,37)(H,31,38)(H,32,33)(H,34,35)(H,39,40). The molecule has 218 valence electrons. The molecule has 0 bridgehead atoms. The smallest absolute Gasteiger partial charge is 0.326 e. The first kappa shape index (κ1) is 31.7. The van der Waals surface area contributed by atoms with Gasteiger partial charge in [-0.3, -0.25) is 24.0 Å². The van der Waals surface area contributed by atoms with Gasteiger partial charge in [-0.1, -0.05) is 18.2 Å². The Kier molecular flexibility index (Phi) is 12.0. The van der Waals surface area contributed by atoms with Crippen LogP contribution in [0.25, 0.3) is 10.9 Å². The number of unbranched alkanes of at least 4 members (excludes halogenated alkanes) is 1. The second kappa shape index (κ2) is 15.2. The summed E-state index contributed by atoms with van der Waals surface area (Å²) in [7, 11) is 0. The number of hydrogen-bond acceptors (Lipinski definition) is 8. The number of carboxylic acid groups (broad SMARTS) is 3. The van der Waals surface area contributed by atoms with Crippen LogP contribution in [0.15, 0.2) is 30.5 Å². The maximum atomic E-state index is 13.1. The van der Waals surface area contributed by atoms with Gasteiger partial charge in [-0.15, -0.1) is 0 Å². The van der Waals surface area contributed by atoms with Gasteiger partial charge in [-0.25, -0.2) is 4.79 Å². The van der Waals surface area contributed by atoms with Gasteiger partial charge in [0.05, 0.1) is 18.9 Å². The summed E-state index contributed by atoms with van der Waals surface area (Å²) in [4.78, 5) is 75.3. The van der Waals surface area contributed by atoms with Gasteiger partial charge in [0.25, 0.3) is 0 Å². The summed E-state index contributed by atoms with van der Waals surface area (Å²) < 4.78 is 0. The van der Waals surface area contributed by atoms with Crippen LogP contribution in [0.4, 0.5) is 0 Å². The van der Waals surface area contributed by atoms with E-state index in [4.69, 9.17) is 16.6 Å². The molecule has 0 aliphatic carbocycles. The quantitative estimate of drug-likeness (QED) is 0.102. The van der Waals surface area contributed by atoms with Crippen molar-refractivity contribution in [3.05, 3.63) is 36.0 Å². The first-order valence-electron chi connectivity index (χ1n) is 12.5. The molecule has 0 saturated carbocycles. The third-order valence-electron chi connectivity index (χ3n) is 6.04. The summed E-state index contributed by atoms with van der Waals surface area (Å²) in [6, 6.07) is 1.55. The van der Waals surface area contributed by atoms with Crippen LogP contribution >= 0.6 is 0 Å². The number of aromatic nitrogens is 1. The highest BCUT2D eigenvalue weighted by Gasteiger charge is 2.32. The molecular formula is C25H34N6O9. The molecule has 0 fully saturated rings. The topological polar surface area (TPSA) is 267 Å². The Labute approximate surface area is 228 Å². The number of carboxylic acids is 3. The number of carbonyl (C=O) groups is 6. The average molecular weight is 563 g/mol. The lowest BCUT2D eigenvalue weighted by atomic mass is 10.0. The van der Waals surface area contributed by atoms with Crippen molar-refractivity contribution in [2.45, 2.75) is 62.7 Å². The number of para-hydroxylation sites is 1. The Morgan fingerprint density at radius 1 is 0.800 bits per heavy atom. The number of amides is 3. The fourth-order valence-corrected chi connectivity index (χ4v) is 3.97. The molecule has 2 rings (SSSR count). The van der Waals surface area contributed by atoms with Crippen LogP contribution in [0.5, 0.6) is 0 Å². The van der Waals surface area contributed by atoms with Crippen LogP contribution in [0, 0.1) is 0 Å². The highest BCUT2D eigenvalue weighted by molar-refractivity contribution is 5.96. The monoisotopic (exact) mass is 562 g/mol. The van der Waals surface area contributed by atoms with E-state index < -0.39 is 72.6 Å². The number of nitrogens with two attached hydrogens (primary N) is 2. The summed E-state index contributed by atoms with van der Waals surface area (Å²) >= 11 is 0. The van der Waals surface area contributed by atoms with E-state index in [0.717, 1.165) is 16.5 Å². The molecule has 0 spiro atoms. The van der Waals surface area contributed by atoms with Crippen molar-refractivity contribution in [1.29, 1.82) is 0 Å². The van der Waals surface area contributed by atoms with Crippen molar-refractivity contribution in [3.63, 3.8) is 0 Å². The normalized spacial score (nSPS) is 13.9. The lowest BCUT2D eigenvalue weighted by Crippen LogP contribution is -2.57. The van der Waals surface area contributed by atoms with Gasteiger partial charge < -0.3 is 47.7 Å². The minimum Gasteiger partial charge on any atom is -0.481 e. The van der Waals surface area contributed by atoms with Gasteiger partial charge in [0, 0.05) is 17.1 Å². The highest BCUT2D eigenvalue weighted by Crippen LogP contribution is 2.19. The molecule has 11 N–H and O–H groups in total. The van der Waals surface area contributed by atoms with Crippen molar-refractivity contribution in [2.75, 3.05) is 6.54 Å². The second-order valence-electron chi connectivity index (χ2n) is 9.17. The Hall–Kier alpha value is -4.50. The number of aromatic amines is 1. The number of carbonyl (C=O) groups excluding carboxylic acids is 3. The third kappa shape index (κ3) is 9.67. The van der Waals surface area contributed by atoms with Gasteiger partial charge in [0.1, 0.15) is 18.1 Å². The number of hydrogen-bond donors (Lipinski definition) is 9. The predicted molar refractivity (Wildman–Crippen MR) is 141 cm³/mol. The first-order chi connectivity index (χ1) is 18.9. The minimum absolute atomic E-state index is 0.0900. The highest BCUT2D eigenvalue weighted by atomic mass is 16.4. The summed E-state index contributed by atoms with van der Waals surface area (Å²) in [6.45, 7) is 0.312. The molecule has 15 heteroatoms. The van der Waals surface area contributed by atoms with E-state index in [9.17, 15) is 39.0 Å². The molecule has 1 aromatic carbocycles.